The summed E-state index contributed by atoms with van der Waals surface area (Å²) in [7, 11) is 0. The zero-order chi connectivity index (χ0) is 12.1. The van der Waals surface area contributed by atoms with Crippen molar-refractivity contribution in [2.75, 3.05) is 0 Å². The Balaban J connectivity index is 2.31. The van der Waals surface area contributed by atoms with Crippen molar-refractivity contribution < 1.29 is 5.11 Å². The summed E-state index contributed by atoms with van der Waals surface area (Å²) in [5.41, 5.74) is 3.57. The predicted molar refractivity (Wildman–Crippen MR) is 71.3 cm³/mol. The van der Waals surface area contributed by atoms with Crippen LogP contribution in [-0.4, -0.2) is 5.11 Å². The van der Waals surface area contributed by atoms with Crippen LogP contribution in [0.3, 0.4) is 0 Å². The van der Waals surface area contributed by atoms with E-state index in [1.165, 1.54) is 11.1 Å². The minimum atomic E-state index is 0.416. The highest BCUT2D eigenvalue weighted by atomic mass is 16.3. The fourth-order valence-electron chi connectivity index (χ4n) is 2.13. The molecule has 0 aliphatic rings. The van der Waals surface area contributed by atoms with Crippen LogP contribution in [-0.2, 0) is 12.8 Å². The number of aromatic hydroxyl groups is 1. The molecule has 0 bridgehead atoms. The number of phenols is 1. The lowest BCUT2D eigenvalue weighted by Gasteiger charge is -2.11. The first-order valence-electron chi connectivity index (χ1n) is 6.15. The van der Waals surface area contributed by atoms with Gasteiger partial charge in [0.25, 0.3) is 0 Å². The number of hydrogen-bond acceptors (Lipinski definition) is 1. The Bertz CT molecular complexity index is 474. The van der Waals surface area contributed by atoms with Crippen LogP contribution >= 0.6 is 0 Å². The van der Waals surface area contributed by atoms with Gasteiger partial charge in [-0.25, -0.2) is 0 Å². The van der Waals surface area contributed by atoms with E-state index in [0.717, 1.165) is 24.8 Å². The van der Waals surface area contributed by atoms with Crippen molar-refractivity contribution in [1.29, 1.82) is 0 Å². The molecule has 0 aromatic heterocycles. The summed E-state index contributed by atoms with van der Waals surface area (Å²) in [5.74, 6) is 0.416. The van der Waals surface area contributed by atoms with Crippen molar-refractivity contribution in [3.05, 3.63) is 65.2 Å². The van der Waals surface area contributed by atoms with Gasteiger partial charge in [-0.05, 0) is 23.6 Å². The predicted octanol–water partition coefficient (Wildman–Crippen LogP) is 3.94. The lowest BCUT2D eigenvalue weighted by Crippen LogP contribution is -1.96. The zero-order valence-electron chi connectivity index (χ0n) is 10.2. The number of aryl methyl sites for hydroxylation is 1. The van der Waals surface area contributed by atoms with E-state index in [1.54, 1.807) is 6.07 Å². The molecule has 0 amide bonds. The van der Waals surface area contributed by atoms with E-state index >= 15 is 0 Å². The highest BCUT2D eigenvalue weighted by molar-refractivity contribution is 5.42. The van der Waals surface area contributed by atoms with Crippen molar-refractivity contribution in [2.24, 2.45) is 0 Å². The first kappa shape index (κ1) is 11.7. The Labute approximate surface area is 103 Å². The van der Waals surface area contributed by atoms with Gasteiger partial charge in [0.1, 0.15) is 5.75 Å². The van der Waals surface area contributed by atoms with E-state index in [4.69, 9.17) is 0 Å². The molecule has 17 heavy (non-hydrogen) atoms. The minimum absolute atomic E-state index is 0.416. The van der Waals surface area contributed by atoms with Gasteiger partial charge in [0.2, 0.25) is 0 Å². The maximum absolute atomic E-state index is 9.98. The molecule has 0 spiro atoms. The zero-order valence-corrected chi connectivity index (χ0v) is 10.2. The molecule has 88 valence electrons. The fraction of sp³-hybridized carbons (Fsp3) is 0.250. The van der Waals surface area contributed by atoms with E-state index in [2.05, 4.69) is 25.1 Å². The van der Waals surface area contributed by atoms with Crippen molar-refractivity contribution in [3.63, 3.8) is 0 Å². The Hall–Kier alpha value is -1.76. The van der Waals surface area contributed by atoms with Crippen LogP contribution in [0, 0.1) is 0 Å². The largest absolute Gasteiger partial charge is 0.508 e. The van der Waals surface area contributed by atoms with E-state index in [-0.39, 0.29) is 0 Å². The molecule has 2 aromatic rings. The summed E-state index contributed by atoms with van der Waals surface area (Å²) in [6, 6.07) is 16.1. The Morgan fingerprint density at radius 3 is 2.41 bits per heavy atom. The topological polar surface area (TPSA) is 20.2 Å². The van der Waals surface area contributed by atoms with Crippen molar-refractivity contribution >= 4 is 0 Å². The van der Waals surface area contributed by atoms with Crippen LogP contribution in [0.2, 0.25) is 0 Å². The Kier molecular flexibility index (Phi) is 3.81. The van der Waals surface area contributed by atoms with Crippen LogP contribution < -0.4 is 0 Å². The van der Waals surface area contributed by atoms with E-state index in [9.17, 15) is 5.11 Å². The molecule has 0 saturated heterocycles. The molecule has 0 radical (unpaired) electrons. The van der Waals surface area contributed by atoms with Crippen LogP contribution in [0.5, 0.6) is 5.75 Å². The second-order valence-electron chi connectivity index (χ2n) is 4.33. The number of rotatable bonds is 4. The SMILES string of the molecule is CCCc1cccc(O)c1Cc1ccccc1. The van der Waals surface area contributed by atoms with Crippen LogP contribution in [0.4, 0.5) is 0 Å². The average Bonchev–Trinajstić information content (AvgIpc) is 2.35. The second-order valence-corrected chi connectivity index (χ2v) is 4.33. The van der Waals surface area contributed by atoms with Gasteiger partial charge in [0.15, 0.2) is 0 Å². The third-order valence-corrected chi connectivity index (χ3v) is 2.99. The third-order valence-electron chi connectivity index (χ3n) is 2.99. The Morgan fingerprint density at radius 1 is 0.941 bits per heavy atom. The average molecular weight is 226 g/mol. The van der Waals surface area contributed by atoms with Crippen LogP contribution in [0.25, 0.3) is 0 Å². The smallest absolute Gasteiger partial charge is 0.119 e. The molecule has 0 aliphatic carbocycles. The molecule has 1 heteroatoms. The first-order chi connectivity index (χ1) is 8.31. The summed E-state index contributed by atoms with van der Waals surface area (Å²) in [5, 5.41) is 9.98. The molecule has 0 fully saturated rings. The summed E-state index contributed by atoms with van der Waals surface area (Å²) < 4.78 is 0. The monoisotopic (exact) mass is 226 g/mol. The quantitative estimate of drug-likeness (QED) is 0.837. The standard InChI is InChI=1S/C16H18O/c1-2-7-14-10-6-11-16(17)15(14)12-13-8-4-3-5-9-13/h3-6,8-11,17H,2,7,12H2,1H3. The molecule has 0 aliphatic heterocycles. The molecule has 0 saturated carbocycles. The van der Waals surface area contributed by atoms with E-state index in [0.29, 0.717) is 5.75 Å². The van der Waals surface area contributed by atoms with Crippen LogP contribution in [0.15, 0.2) is 48.5 Å². The minimum Gasteiger partial charge on any atom is -0.508 e. The van der Waals surface area contributed by atoms with Gasteiger partial charge in [-0.1, -0.05) is 55.8 Å². The number of benzene rings is 2. The summed E-state index contributed by atoms with van der Waals surface area (Å²) in [6.07, 6.45) is 2.94. The lowest BCUT2D eigenvalue weighted by molar-refractivity contribution is 0.468. The van der Waals surface area contributed by atoms with Gasteiger partial charge in [0, 0.05) is 12.0 Å². The molecule has 2 aromatic carbocycles. The molecule has 0 unspecified atom stereocenters. The molecule has 0 atom stereocenters. The van der Waals surface area contributed by atoms with Gasteiger partial charge in [-0.3, -0.25) is 0 Å². The number of hydrogen-bond donors (Lipinski definition) is 1. The molecule has 2 rings (SSSR count). The second kappa shape index (κ2) is 5.53. The maximum Gasteiger partial charge on any atom is 0.119 e. The first-order valence-corrected chi connectivity index (χ1v) is 6.15. The normalized spacial score (nSPS) is 10.4. The third kappa shape index (κ3) is 2.88. The van der Waals surface area contributed by atoms with Gasteiger partial charge >= 0.3 is 0 Å². The maximum atomic E-state index is 9.98. The molecular formula is C16H18O. The Morgan fingerprint density at radius 2 is 1.71 bits per heavy atom. The van der Waals surface area contributed by atoms with Crippen molar-refractivity contribution in [3.8, 4) is 5.75 Å². The molecule has 0 heterocycles. The lowest BCUT2D eigenvalue weighted by atomic mass is 9.96. The highest BCUT2D eigenvalue weighted by Gasteiger charge is 2.07. The molecule has 1 N–H and O–H groups in total. The van der Waals surface area contributed by atoms with Crippen LogP contribution in [0.1, 0.15) is 30.0 Å². The van der Waals surface area contributed by atoms with Gasteiger partial charge in [-0.2, -0.15) is 0 Å². The molecular weight excluding hydrogens is 208 g/mol. The van der Waals surface area contributed by atoms with Crippen molar-refractivity contribution in [2.45, 2.75) is 26.2 Å². The van der Waals surface area contributed by atoms with Crippen molar-refractivity contribution in [1.82, 2.24) is 0 Å². The summed E-state index contributed by atoms with van der Waals surface area (Å²) in [4.78, 5) is 0. The number of phenolic OH excluding ortho intramolecular Hbond substituents is 1. The van der Waals surface area contributed by atoms with E-state index in [1.807, 2.05) is 24.3 Å². The van der Waals surface area contributed by atoms with Gasteiger partial charge in [0.05, 0.1) is 0 Å². The van der Waals surface area contributed by atoms with Gasteiger partial charge in [-0.15, -0.1) is 0 Å². The van der Waals surface area contributed by atoms with E-state index < -0.39 is 0 Å². The molecule has 1 nitrogen and oxygen atoms in total. The summed E-state index contributed by atoms with van der Waals surface area (Å²) in [6.45, 7) is 2.16. The highest BCUT2D eigenvalue weighted by Crippen LogP contribution is 2.25. The van der Waals surface area contributed by atoms with Gasteiger partial charge < -0.3 is 5.11 Å². The fourth-order valence-corrected chi connectivity index (χ4v) is 2.13. The summed E-state index contributed by atoms with van der Waals surface area (Å²) >= 11 is 0.